The summed E-state index contributed by atoms with van der Waals surface area (Å²) < 4.78 is 0. The predicted molar refractivity (Wildman–Crippen MR) is 75.8 cm³/mol. The zero-order chi connectivity index (χ0) is 15.2. The first-order valence-corrected chi connectivity index (χ1v) is 6.13. The molecule has 0 radical (unpaired) electrons. The van der Waals surface area contributed by atoms with Crippen LogP contribution < -0.4 is 10.6 Å². The summed E-state index contributed by atoms with van der Waals surface area (Å²) >= 11 is 0. The number of amides is 1. The van der Waals surface area contributed by atoms with Gasteiger partial charge in [0.2, 0.25) is 0 Å². The van der Waals surface area contributed by atoms with E-state index in [0.29, 0.717) is 11.4 Å². The number of benzene rings is 1. The van der Waals surface area contributed by atoms with E-state index < -0.39 is 10.8 Å². The third-order valence-electron chi connectivity index (χ3n) is 2.73. The zero-order valence-electron chi connectivity index (χ0n) is 11.2. The van der Waals surface area contributed by atoms with Crippen molar-refractivity contribution < 1.29 is 9.72 Å². The number of rotatable bonds is 5. The van der Waals surface area contributed by atoms with Gasteiger partial charge in [-0.3, -0.25) is 14.9 Å². The van der Waals surface area contributed by atoms with Crippen LogP contribution >= 0.6 is 0 Å². The van der Waals surface area contributed by atoms with Gasteiger partial charge in [0.25, 0.3) is 11.6 Å². The molecular formula is C13H13N5O3. The molecule has 8 heteroatoms. The SMILES string of the molecule is CNc1ccc(C(=O)NCc2cccc([N+](=O)[O-])c2)nn1. The number of carbonyl (C=O) groups excluding carboxylic acids is 1. The molecule has 8 nitrogen and oxygen atoms in total. The van der Waals surface area contributed by atoms with Crippen molar-refractivity contribution in [1.82, 2.24) is 15.5 Å². The standard InChI is InChI=1S/C13H13N5O3/c1-14-12-6-5-11(16-17-12)13(19)15-8-9-3-2-4-10(7-9)18(20)21/h2-7H,8H2,1H3,(H,14,17)(H,15,19). The van der Waals surface area contributed by atoms with Crippen LogP contribution in [0.5, 0.6) is 0 Å². The number of anilines is 1. The van der Waals surface area contributed by atoms with Crippen molar-refractivity contribution in [2.24, 2.45) is 0 Å². The number of carbonyl (C=O) groups is 1. The number of non-ortho nitro benzene ring substituents is 1. The van der Waals surface area contributed by atoms with Gasteiger partial charge < -0.3 is 10.6 Å². The highest BCUT2D eigenvalue weighted by Gasteiger charge is 2.09. The quantitative estimate of drug-likeness (QED) is 0.634. The van der Waals surface area contributed by atoms with Crippen molar-refractivity contribution >= 4 is 17.4 Å². The molecule has 21 heavy (non-hydrogen) atoms. The molecule has 0 aliphatic rings. The van der Waals surface area contributed by atoms with Crippen molar-refractivity contribution in [3.63, 3.8) is 0 Å². The molecule has 1 aromatic heterocycles. The highest BCUT2D eigenvalue weighted by molar-refractivity contribution is 5.92. The van der Waals surface area contributed by atoms with Gasteiger partial charge in [-0.1, -0.05) is 12.1 Å². The number of aromatic nitrogens is 2. The maximum Gasteiger partial charge on any atom is 0.272 e. The molecule has 0 unspecified atom stereocenters. The zero-order valence-corrected chi connectivity index (χ0v) is 11.2. The van der Waals surface area contributed by atoms with E-state index in [2.05, 4.69) is 20.8 Å². The molecule has 2 aromatic rings. The lowest BCUT2D eigenvalue weighted by Gasteiger charge is -2.05. The fourth-order valence-electron chi connectivity index (χ4n) is 1.64. The first kappa shape index (κ1) is 14.4. The molecule has 2 N–H and O–H groups in total. The monoisotopic (exact) mass is 287 g/mol. The maximum atomic E-state index is 11.9. The van der Waals surface area contributed by atoms with Crippen LogP contribution in [0.25, 0.3) is 0 Å². The molecule has 0 aliphatic heterocycles. The van der Waals surface area contributed by atoms with E-state index in [9.17, 15) is 14.9 Å². The number of nitrogens with one attached hydrogen (secondary N) is 2. The molecule has 2 rings (SSSR count). The Morgan fingerprint density at radius 1 is 1.29 bits per heavy atom. The van der Waals surface area contributed by atoms with Crippen LogP contribution in [0.2, 0.25) is 0 Å². The van der Waals surface area contributed by atoms with Gasteiger partial charge in [0.15, 0.2) is 5.69 Å². The molecular weight excluding hydrogens is 274 g/mol. The molecule has 0 saturated carbocycles. The van der Waals surface area contributed by atoms with E-state index in [0.717, 1.165) is 0 Å². The Labute approximate surface area is 120 Å². The number of hydrogen-bond donors (Lipinski definition) is 2. The maximum absolute atomic E-state index is 11.9. The van der Waals surface area contributed by atoms with Crippen LogP contribution in [0.4, 0.5) is 11.5 Å². The first-order chi connectivity index (χ1) is 10.1. The fraction of sp³-hybridized carbons (Fsp3) is 0.154. The summed E-state index contributed by atoms with van der Waals surface area (Å²) in [6.07, 6.45) is 0. The normalized spacial score (nSPS) is 9.95. The van der Waals surface area contributed by atoms with Crippen LogP contribution in [0.15, 0.2) is 36.4 Å². The second-order valence-corrected chi connectivity index (χ2v) is 4.16. The minimum Gasteiger partial charge on any atom is -0.372 e. The predicted octanol–water partition coefficient (Wildman–Crippen LogP) is 1.36. The van der Waals surface area contributed by atoms with Gasteiger partial charge in [-0.05, 0) is 17.7 Å². The van der Waals surface area contributed by atoms with E-state index >= 15 is 0 Å². The van der Waals surface area contributed by atoms with Crippen molar-refractivity contribution in [2.45, 2.75) is 6.54 Å². The number of nitro benzene ring substituents is 1. The second kappa shape index (κ2) is 6.42. The molecule has 0 atom stereocenters. The smallest absolute Gasteiger partial charge is 0.272 e. The van der Waals surface area contributed by atoms with Crippen molar-refractivity contribution in [3.05, 3.63) is 57.8 Å². The van der Waals surface area contributed by atoms with Crippen molar-refractivity contribution in [1.29, 1.82) is 0 Å². The van der Waals surface area contributed by atoms with Crippen LogP contribution in [0, 0.1) is 10.1 Å². The lowest BCUT2D eigenvalue weighted by Crippen LogP contribution is -2.24. The largest absolute Gasteiger partial charge is 0.372 e. The van der Waals surface area contributed by atoms with Gasteiger partial charge in [-0.25, -0.2) is 0 Å². The molecule has 1 heterocycles. The van der Waals surface area contributed by atoms with Crippen LogP contribution in [-0.4, -0.2) is 28.1 Å². The first-order valence-electron chi connectivity index (χ1n) is 6.13. The molecule has 0 fully saturated rings. The van der Waals surface area contributed by atoms with Crippen LogP contribution in [0.1, 0.15) is 16.1 Å². The summed E-state index contributed by atoms with van der Waals surface area (Å²) in [6, 6.07) is 9.25. The summed E-state index contributed by atoms with van der Waals surface area (Å²) in [5, 5.41) is 23.7. The Balaban J connectivity index is 2.00. The van der Waals surface area contributed by atoms with Crippen molar-refractivity contribution in [2.75, 3.05) is 12.4 Å². The minimum absolute atomic E-state index is 0.0140. The van der Waals surface area contributed by atoms with Gasteiger partial charge in [0, 0.05) is 25.7 Å². The summed E-state index contributed by atoms with van der Waals surface area (Å²) in [7, 11) is 1.70. The van der Waals surface area contributed by atoms with E-state index in [1.54, 1.807) is 31.3 Å². The topological polar surface area (TPSA) is 110 Å². The molecule has 0 saturated heterocycles. The summed E-state index contributed by atoms with van der Waals surface area (Å²) in [5.41, 5.74) is 0.802. The fourth-order valence-corrected chi connectivity index (χ4v) is 1.64. The Morgan fingerprint density at radius 3 is 2.71 bits per heavy atom. The molecule has 0 spiro atoms. The second-order valence-electron chi connectivity index (χ2n) is 4.16. The van der Waals surface area contributed by atoms with Crippen molar-refractivity contribution in [3.8, 4) is 0 Å². The third kappa shape index (κ3) is 3.72. The summed E-state index contributed by atoms with van der Waals surface area (Å²) in [5.74, 6) is 0.168. The Bertz CT molecular complexity index is 657. The highest BCUT2D eigenvalue weighted by atomic mass is 16.6. The van der Waals surface area contributed by atoms with E-state index in [4.69, 9.17) is 0 Å². The van der Waals surface area contributed by atoms with E-state index in [1.807, 2.05) is 0 Å². The molecule has 1 amide bonds. The third-order valence-corrected chi connectivity index (χ3v) is 2.73. The molecule has 108 valence electrons. The average Bonchev–Trinajstić information content (AvgIpc) is 2.53. The number of hydrogen-bond acceptors (Lipinski definition) is 6. The number of nitrogens with zero attached hydrogens (tertiary/aromatic N) is 3. The minimum atomic E-state index is -0.479. The van der Waals surface area contributed by atoms with Crippen LogP contribution in [0.3, 0.4) is 0 Å². The lowest BCUT2D eigenvalue weighted by atomic mass is 10.2. The highest BCUT2D eigenvalue weighted by Crippen LogP contribution is 2.12. The Hall–Kier alpha value is -3.03. The number of nitro groups is 1. The molecule has 0 bridgehead atoms. The van der Waals surface area contributed by atoms with Gasteiger partial charge in [-0.15, -0.1) is 10.2 Å². The Kier molecular flexibility index (Phi) is 4.39. The van der Waals surface area contributed by atoms with Gasteiger partial charge >= 0.3 is 0 Å². The van der Waals surface area contributed by atoms with Crippen LogP contribution in [-0.2, 0) is 6.54 Å². The van der Waals surface area contributed by atoms with Gasteiger partial charge in [0.1, 0.15) is 5.82 Å². The van der Waals surface area contributed by atoms with E-state index in [1.165, 1.54) is 12.1 Å². The molecule has 0 aliphatic carbocycles. The molecule has 1 aromatic carbocycles. The summed E-state index contributed by atoms with van der Waals surface area (Å²) in [6.45, 7) is 0.177. The Morgan fingerprint density at radius 2 is 2.10 bits per heavy atom. The lowest BCUT2D eigenvalue weighted by molar-refractivity contribution is -0.384. The summed E-state index contributed by atoms with van der Waals surface area (Å²) in [4.78, 5) is 22.1. The van der Waals surface area contributed by atoms with Gasteiger partial charge in [-0.2, -0.15) is 0 Å². The average molecular weight is 287 g/mol. The van der Waals surface area contributed by atoms with E-state index in [-0.39, 0.29) is 17.9 Å². The van der Waals surface area contributed by atoms with Gasteiger partial charge in [0.05, 0.1) is 4.92 Å².